The monoisotopic (exact) mass is 323 g/mol. The Kier molecular flexibility index (Phi) is 8.29. The minimum Gasteiger partial charge on any atom is -0.372 e. The average Bonchev–Trinajstić information content (AvgIpc) is 2.87. The van der Waals surface area contributed by atoms with Crippen molar-refractivity contribution >= 4 is 11.3 Å². The van der Waals surface area contributed by atoms with Crippen LogP contribution >= 0.6 is 11.3 Å². The van der Waals surface area contributed by atoms with Gasteiger partial charge in [0.05, 0.1) is 0 Å². The normalized spacial score (nSPS) is 13.6. The van der Waals surface area contributed by atoms with E-state index in [1.54, 1.807) is 11.3 Å². The number of halogens is 3. The zero-order chi connectivity index (χ0) is 15.7. The Morgan fingerprint density at radius 3 is 2.52 bits per heavy atom. The first-order valence-electron chi connectivity index (χ1n) is 7.40. The van der Waals surface area contributed by atoms with E-state index in [1.165, 1.54) is 9.75 Å². The Morgan fingerprint density at radius 2 is 1.95 bits per heavy atom. The lowest BCUT2D eigenvalue weighted by Gasteiger charge is -2.18. The number of aryl methyl sites for hydroxylation is 1. The summed E-state index contributed by atoms with van der Waals surface area (Å²) in [4.78, 5) is 2.61. The fourth-order valence-electron chi connectivity index (χ4n) is 2.00. The molecular weight excluding hydrogens is 299 g/mol. The van der Waals surface area contributed by atoms with Gasteiger partial charge in [0.1, 0.15) is 6.61 Å². The summed E-state index contributed by atoms with van der Waals surface area (Å²) in [5, 5.41) is 3.39. The van der Waals surface area contributed by atoms with E-state index in [2.05, 4.69) is 31.3 Å². The van der Waals surface area contributed by atoms with E-state index in [4.69, 9.17) is 4.74 Å². The van der Waals surface area contributed by atoms with Crippen LogP contribution < -0.4 is 5.32 Å². The summed E-state index contributed by atoms with van der Waals surface area (Å²) in [6, 6.07) is 4.40. The van der Waals surface area contributed by atoms with Crippen LogP contribution in [-0.4, -0.2) is 32.0 Å². The van der Waals surface area contributed by atoms with Gasteiger partial charge in [0.2, 0.25) is 0 Å². The number of ether oxygens (including phenoxy) is 1. The number of nitrogens with one attached hydrogen (secondary N) is 1. The van der Waals surface area contributed by atoms with E-state index < -0.39 is 12.8 Å². The highest BCUT2D eigenvalue weighted by atomic mass is 32.1. The summed E-state index contributed by atoms with van der Waals surface area (Å²) in [6.07, 6.45) is -0.775. The molecule has 0 saturated carbocycles. The van der Waals surface area contributed by atoms with E-state index in [-0.39, 0.29) is 12.6 Å². The molecule has 0 radical (unpaired) electrons. The Labute approximate surface area is 128 Å². The van der Waals surface area contributed by atoms with E-state index >= 15 is 0 Å². The van der Waals surface area contributed by atoms with Crippen molar-refractivity contribution in [2.45, 2.75) is 51.7 Å². The Bertz CT molecular complexity index is 393. The van der Waals surface area contributed by atoms with Gasteiger partial charge in [-0.3, -0.25) is 0 Å². The third kappa shape index (κ3) is 8.44. The van der Waals surface area contributed by atoms with Gasteiger partial charge in [0, 0.05) is 22.4 Å². The Hall–Kier alpha value is -0.590. The molecule has 0 aliphatic rings. The minimum atomic E-state index is -4.24. The summed E-state index contributed by atoms with van der Waals surface area (Å²) < 4.78 is 40.8. The standard InChI is InChI=1S/C15H24F3NOS/c1-3-8-19-12(7-9-20-11-15(16,17)18)10-14-6-5-13(4-2)21-14/h5-6,12,19H,3-4,7-11H2,1-2H3. The Morgan fingerprint density at radius 1 is 1.24 bits per heavy atom. The summed E-state index contributed by atoms with van der Waals surface area (Å²) in [5.41, 5.74) is 0. The van der Waals surface area contributed by atoms with E-state index in [0.717, 1.165) is 25.8 Å². The highest BCUT2D eigenvalue weighted by Gasteiger charge is 2.27. The van der Waals surface area contributed by atoms with Crippen LogP contribution in [0.5, 0.6) is 0 Å². The van der Waals surface area contributed by atoms with Crippen molar-refractivity contribution in [2.75, 3.05) is 19.8 Å². The van der Waals surface area contributed by atoms with Crippen LogP contribution in [0.4, 0.5) is 13.2 Å². The SMILES string of the molecule is CCCNC(CCOCC(F)(F)F)Cc1ccc(CC)s1. The molecule has 1 N–H and O–H groups in total. The molecule has 0 aliphatic carbocycles. The van der Waals surface area contributed by atoms with Crippen molar-refractivity contribution in [3.8, 4) is 0 Å². The number of hydrogen-bond donors (Lipinski definition) is 1. The molecule has 2 nitrogen and oxygen atoms in total. The van der Waals surface area contributed by atoms with Crippen LogP contribution in [-0.2, 0) is 17.6 Å². The molecule has 21 heavy (non-hydrogen) atoms. The van der Waals surface area contributed by atoms with Crippen molar-refractivity contribution in [3.63, 3.8) is 0 Å². The van der Waals surface area contributed by atoms with Crippen LogP contribution in [0.25, 0.3) is 0 Å². The smallest absolute Gasteiger partial charge is 0.372 e. The lowest BCUT2D eigenvalue weighted by Crippen LogP contribution is -2.33. The fraction of sp³-hybridized carbons (Fsp3) is 0.733. The summed E-state index contributed by atoms with van der Waals surface area (Å²) in [5.74, 6) is 0. The molecule has 1 heterocycles. The highest BCUT2D eigenvalue weighted by Crippen LogP contribution is 2.19. The quantitative estimate of drug-likeness (QED) is 0.652. The van der Waals surface area contributed by atoms with Crippen LogP contribution in [0.3, 0.4) is 0 Å². The number of rotatable bonds is 10. The topological polar surface area (TPSA) is 21.3 Å². The molecular formula is C15H24F3NOS. The molecule has 0 amide bonds. The first-order chi connectivity index (χ1) is 9.94. The molecule has 0 bridgehead atoms. The summed E-state index contributed by atoms with van der Waals surface area (Å²) >= 11 is 1.78. The van der Waals surface area contributed by atoms with Crippen LogP contribution in [0.15, 0.2) is 12.1 Å². The van der Waals surface area contributed by atoms with Crippen molar-refractivity contribution in [1.29, 1.82) is 0 Å². The molecule has 6 heteroatoms. The summed E-state index contributed by atoms with van der Waals surface area (Å²) in [6.45, 7) is 4.04. The highest BCUT2D eigenvalue weighted by molar-refractivity contribution is 7.11. The minimum absolute atomic E-state index is 0.132. The second kappa shape index (κ2) is 9.43. The molecule has 1 unspecified atom stereocenters. The number of thiophene rings is 1. The second-order valence-electron chi connectivity index (χ2n) is 5.03. The number of alkyl halides is 3. The van der Waals surface area contributed by atoms with Gasteiger partial charge < -0.3 is 10.1 Å². The molecule has 1 rings (SSSR count). The van der Waals surface area contributed by atoms with Crippen molar-refractivity contribution in [2.24, 2.45) is 0 Å². The van der Waals surface area contributed by atoms with Crippen LogP contribution in [0.2, 0.25) is 0 Å². The lowest BCUT2D eigenvalue weighted by atomic mass is 10.1. The van der Waals surface area contributed by atoms with Gasteiger partial charge in [-0.05, 0) is 44.4 Å². The van der Waals surface area contributed by atoms with Gasteiger partial charge in [-0.1, -0.05) is 13.8 Å². The summed E-state index contributed by atoms with van der Waals surface area (Å²) in [7, 11) is 0. The second-order valence-corrected chi connectivity index (χ2v) is 6.29. The maximum absolute atomic E-state index is 12.0. The van der Waals surface area contributed by atoms with Gasteiger partial charge in [-0.25, -0.2) is 0 Å². The molecule has 1 atom stereocenters. The van der Waals surface area contributed by atoms with Crippen molar-refractivity contribution in [3.05, 3.63) is 21.9 Å². The largest absolute Gasteiger partial charge is 0.411 e. The number of hydrogen-bond acceptors (Lipinski definition) is 3. The van der Waals surface area contributed by atoms with E-state index in [0.29, 0.717) is 6.42 Å². The molecule has 0 saturated heterocycles. The molecule has 0 aromatic carbocycles. The van der Waals surface area contributed by atoms with Gasteiger partial charge in [-0.15, -0.1) is 11.3 Å². The first kappa shape index (κ1) is 18.5. The Balaban J connectivity index is 2.39. The molecule has 1 aromatic rings. The average molecular weight is 323 g/mol. The van der Waals surface area contributed by atoms with E-state index in [9.17, 15) is 13.2 Å². The maximum atomic E-state index is 12.0. The van der Waals surface area contributed by atoms with Gasteiger partial charge >= 0.3 is 6.18 Å². The van der Waals surface area contributed by atoms with Gasteiger partial charge in [0.25, 0.3) is 0 Å². The lowest BCUT2D eigenvalue weighted by molar-refractivity contribution is -0.174. The maximum Gasteiger partial charge on any atom is 0.411 e. The predicted molar refractivity (Wildman–Crippen MR) is 81.0 cm³/mol. The van der Waals surface area contributed by atoms with Gasteiger partial charge in [0.15, 0.2) is 0 Å². The van der Waals surface area contributed by atoms with E-state index in [1.807, 2.05) is 0 Å². The molecule has 0 spiro atoms. The third-order valence-electron chi connectivity index (χ3n) is 3.07. The predicted octanol–water partition coefficient (Wildman–Crippen LogP) is 4.19. The van der Waals surface area contributed by atoms with Crippen LogP contribution in [0, 0.1) is 0 Å². The molecule has 0 fully saturated rings. The zero-order valence-corrected chi connectivity index (χ0v) is 13.4. The van der Waals surface area contributed by atoms with Crippen molar-refractivity contribution < 1.29 is 17.9 Å². The molecule has 1 aromatic heterocycles. The van der Waals surface area contributed by atoms with Gasteiger partial charge in [-0.2, -0.15) is 13.2 Å². The first-order valence-corrected chi connectivity index (χ1v) is 8.21. The van der Waals surface area contributed by atoms with Crippen LogP contribution in [0.1, 0.15) is 36.4 Å². The molecule has 122 valence electrons. The third-order valence-corrected chi connectivity index (χ3v) is 4.32. The fourth-order valence-corrected chi connectivity index (χ4v) is 3.04. The van der Waals surface area contributed by atoms with Crippen molar-refractivity contribution in [1.82, 2.24) is 5.32 Å². The zero-order valence-electron chi connectivity index (χ0n) is 12.6. The molecule has 0 aliphatic heterocycles.